The molecule has 0 aliphatic carbocycles. The molecule has 1 aliphatic rings. The fourth-order valence-corrected chi connectivity index (χ4v) is 4.94. The zero-order valence-corrected chi connectivity index (χ0v) is 13.3. The monoisotopic (exact) mass is 317 g/mol. The summed E-state index contributed by atoms with van der Waals surface area (Å²) < 4.78 is 27.2. The Morgan fingerprint density at radius 1 is 1.30 bits per heavy atom. The van der Waals surface area contributed by atoms with Crippen LogP contribution in [0.4, 0.5) is 0 Å². The van der Waals surface area contributed by atoms with Crippen molar-refractivity contribution in [1.82, 2.24) is 4.31 Å². The topological polar surface area (TPSA) is 57.6 Å². The number of benzene rings is 1. The minimum Gasteiger partial charge on any atom is -0.392 e. The summed E-state index contributed by atoms with van der Waals surface area (Å²) in [6.07, 6.45) is 2.81. The van der Waals surface area contributed by atoms with Gasteiger partial charge in [0.2, 0.25) is 10.0 Å². The van der Waals surface area contributed by atoms with Crippen LogP contribution >= 0.6 is 11.6 Å². The fourth-order valence-electron chi connectivity index (χ4n) is 2.83. The van der Waals surface area contributed by atoms with Gasteiger partial charge in [0.05, 0.1) is 11.5 Å². The highest BCUT2D eigenvalue weighted by Gasteiger charge is 2.35. The van der Waals surface area contributed by atoms with E-state index in [2.05, 4.69) is 0 Å². The Kier molecular flexibility index (Phi) is 4.74. The Morgan fingerprint density at radius 3 is 2.45 bits per heavy atom. The molecular weight excluding hydrogens is 298 g/mol. The second-order valence-corrected chi connectivity index (χ2v) is 7.63. The number of halogens is 1. The van der Waals surface area contributed by atoms with Gasteiger partial charge in [0.1, 0.15) is 0 Å². The lowest BCUT2D eigenvalue weighted by molar-refractivity contribution is 0.204. The van der Waals surface area contributed by atoms with Crippen LogP contribution in [0.1, 0.15) is 38.7 Å². The Balaban J connectivity index is 2.43. The molecule has 1 N–H and O–H groups in total. The molecule has 1 saturated heterocycles. The molecule has 0 bridgehead atoms. The Labute approximate surface area is 125 Å². The second kappa shape index (κ2) is 6.02. The van der Waals surface area contributed by atoms with Gasteiger partial charge in [-0.25, -0.2) is 8.42 Å². The van der Waals surface area contributed by atoms with Gasteiger partial charge in [-0.1, -0.05) is 18.0 Å². The third kappa shape index (κ3) is 2.86. The Morgan fingerprint density at radius 2 is 1.90 bits per heavy atom. The smallest absolute Gasteiger partial charge is 0.243 e. The van der Waals surface area contributed by atoms with Gasteiger partial charge in [0, 0.05) is 17.1 Å². The number of aliphatic hydroxyl groups excluding tert-OH is 1. The number of hydrogen-bond acceptors (Lipinski definition) is 3. The number of sulfonamides is 1. The van der Waals surface area contributed by atoms with E-state index in [9.17, 15) is 13.5 Å². The van der Waals surface area contributed by atoms with Crippen LogP contribution < -0.4 is 0 Å². The van der Waals surface area contributed by atoms with Gasteiger partial charge in [-0.05, 0) is 50.5 Å². The minimum atomic E-state index is -3.55. The first-order valence-electron chi connectivity index (χ1n) is 6.80. The molecular formula is C14H20ClNO3S. The lowest BCUT2D eigenvalue weighted by atomic mass is 10.0. The Hall–Kier alpha value is -0.620. The van der Waals surface area contributed by atoms with Crippen LogP contribution in [-0.2, 0) is 16.6 Å². The SMILES string of the molecule is C[C@@H]1CCC[C@H](C)N1S(=O)(=O)c1ccc(Cl)c(CO)c1. The first-order chi connectivity index (χ1) is 9.37. The molecule has 6 heteroatoms. The standard InChI is InChI=1S/C14H20ClNO3S/c1-10-4-3-5-11(2)16(10)20(18,19)13-6-7-14(15)12(8-13)9-17/h6-8,10-11,17H,3-5,9H2,1-2H3/t10-,11+. The molecule has 4 nitrogen and oxygen atoms in total. The maximum absolute atomic E-state index is 12.8. The van der Waals surface area contributed by atoms with Crippen molar-refractivity contribution in [2.75, 3.05) is 0 Å². The van der Waals surface area contributed by atoms with Gasteiger partial charge in [0.15, 0.2) is 0 Å². The van der Waals surface area contributed by atoms with Crippen molar-refractivity contribution in [2.45, 2.75) is 56.7 Å². The van der Waals surface area contributed by atoms with E-state index in [1.165, 1.54) is 18.2 Å². The van der Waals surface area contributed by atoms with Crippen LogP contribution in [0.25, 0.3) is 0 Å². The van der Waals surface area contributed by atoms with Gasteiger partial charge in [0.25, 0.3) is 0 Å². The highest BCUT2D eigenvalue weighted by molar-refractivity contribution is 7.89. The highest BCUT2D eigenvalue weighted by atomic mass is 35.5. The van der Waals surface area contributed by atoms with Gasteiger partial charge in [-0.3, -0.25) is 0 Å². The molecule has 1 aromatic carbocycles. The predicted molar refractivity (Wildman–Crippen MR) is 79.2 cm³/mol. The molecule has 0 saturated carbocycles. The first kappa shape index (κ1) is 15.8. The largest absolute Gasteiger partial charge is 0.392 e. The third-order valence-electron chi connectivity index (χ3n) is 3.88. The number of hydrogen-bond donors (Lipinski definition) is 1. The number of piperidine rings is 1. The molecule has 0 amide bonds. The normalized spacial score (nSPS) is 24.8. The zero-order valence-electron chi connectivity index (χ0n) is 11.7. The molecule has 20 heavy (non-hydrogen) atoms. The van der Waals surface area contributed by atoms with E-state index in [-0.39, 0.29) is 23.6 Å². The average molecular weight is 318 g/mol. The van der Waals surface area contributed by atoms with Crippen molar-refractivity contribution in [3.05, 3.63) is 28.8 Å². The summed E-state index contributed by atoms with van der Waals surface area (Å²) in [4.78, 5) is 0.201. The van der Waals surface area contributed by atoms with Crippen LogP contribution in [0.5, 0.6) is 0 Å². The van der Waals surface area contributed by atoms with Gasteiger partial charge in [-0.2, -0.15) is 4.31 Å². The zero-order chi connectivity index (χ0) is 14.9. The van der Waals surface area contributed by atoms with E-state index in [4.69, 9.17) is 11.6 Å². The lowest BCUT2D eigenvalue weighted by Crippen LogP contribution is -2.47. The van der Waals surface area contributed by atoms with Crippen LogP contribution in [-0.4, -0.2) is 29.9 Å². The van der Waals surface area contributed by atoms with E-state index in [0.717, 1.165) is 19.3 Å². The van der Waals surface area contributed by atoms with Crippen molar-refractivity contribution >= 4 is 21.6 Å². The summed E-state index contributed by atoms with van der Waals surface area (Å²) in [6, 6.07) is 4.49. The lowest BCUT2D eigenvalue weighted by Gasteiger charge is -2.37. The third-order valence-corrected chi connectivity index (χ3v) is 6.37. The summed E-state index contributed by atoms with van der Waals surface area (Å²) in [5, 5.41) is 9.61. The maximum atomic E-state index is 12.8. The molecule has 0 radical (unpaired) electrons. The van der Waals surface area contributed by atoms with Gasteiger partial charge >= 0.3 is 0 Å². The molecule has 2 atom stereocenters. The maximum Gasteiger partial charge on any atom is 0.243 e. The quantitative estimate of drug-likeness (QED) is 0.932. The van der Waals surface area contributed by atoms with E-state index in [1.54, 1.807) is 4.31 Å². The van der Waals surface area contributed by atoms with Crippen molar-refractivity contribution < 1.29 is 13.5 Å². The molecule has 1 aliphatic heterocycles. The number of rotatable bonds is 3. The van der Waals surface area contributed by atoms with Crippen molar-refractivity contribution in [3.8, 4) is 0 Å². The van der Waals surface area contributed by atoms with E-state index < -0.39 is 10.0 Å². The molecule has 1 aromatic rings. The van der Waals surface area contributed by atoms with Crippen LogP contribution in [0, 0.1) is 0 Å². The van der Waals surface area contributed by atoms with Crippen molar-refractivity contribution in [3.63, 3.8) is 0 Å². The van der Waals surface area contributed by atoms with E-state index in [1.807, 2.05) is 13.8 Å². The first-order valence-corrected chi connectivity index (χ1v) is 8.62. The summed E-state index contributed by atoms with van der Waals surface area (Å²) >= 11 is 5.92. The fraction of sp³-hybridized carbons (Fsp3) is 0.571. The molecule has 0 spiro atoms. The Bertz CT molecular complexity index is 578. The van der Waals surface area contributed by atoms with Crippen LogP contribution in [0.3, 0.4) is 0 Å². The molecule has 112 valence electrons. The summed E-state index contributed by atoms with van der Waals surface area (Å²) in [6.45, 7) is 3.61. The van der Waals surface area contributed by atoms with Crippen LogP contribution in [0.2, 0.25) is 5.02 Å². The predicted octanol–water partition coefficient (Wildman–Crippen LogP) is 2.78. The molecule has 0 unspecified atom stereocenters. The molecule has 0 aromatic heterocycles. The minimum absolute atomic E-state index is 0.00277. The molecule has 1 fully saturated rings. The van der Waals surface area contributed by atoms with Gasteiger partial charge < -0.3 is 5.11 Å². The van der Waals surface area contributed by atoms with Gasteiger partial charge in [-0.15, -0.1) is 0 Å². The number of nitrogens with zero attached hydrogens (tertiary/aromatic N) is 1. The average Bonchev–Trinajstić information content (AvgIpc) is 2.38. The molecule has 1 heterocycles. The second-order valence-electron chi connectivity index (χ2n) is 5.38. The summed E-state index contributed by atoms with van der Waals surface area (Å²) in [5.74, 6) is 0. The summed E-state index contributed by atoms with van der Waals surface area (Å²) in [7, 11) is -3.55. The van der Waals surface area contributed by atoms with E-state index in [0.29, 0.717) is 10.6 Å². The summed E-state index contributed by atoms with van der Waals surface area (Å²) in [5.41, 5.74) is 0.435. The van der Waals surface area contributed by atoms with Crippen molar-refractivity contribution in [1.29, 1.82) is 0 Å². The van der Waals surface area contributed by atoms with E-state index >= 15 is 0 Å². The highest BCUT2D eigenvalue weighted by Crippen LogP contribution is 2.30. The molecule has 2 rings (SSSR count). The van der Waals surface area contributed by atoms with Crippen LogP contribution in [0.15, 0.2) is 23.1 Å². The van der Waals surface area contributed by atoms with Crippen molar-refractivity contribution in [2.24, 2.45) is 0 Å². The number of aliphatic hydroxyl groups is 1.